The highest BCUT2D eigenvalue weighted by Gasteiger charge is 2.25. The Balaban J connectivity index is 1.69. The molecule has 140 valence electrons. The molecule has 0 saturated carbocycles. The second-order valence-corrected chi connectivity index (χ2v) is 6.56. The summed E-state index contributed by atoms with van der Waals surface area (Å²) in [6, 6.07) is 5.12. The van der Waals surface area contributed by atoms with E-state index >= 15 is 0 Å². The van der Waals surface area contributed by atoms with E-state index in [2.05, 4.69) is 15.7 Å². The summed E-state index contributed by atoms with van der Waals surface area (Å²) in [5.41, 5.74) is 3.18. The number of benzene rings is 1. The number of aryl methyl sites for hydroxylation is 1. The van der Waals surface area contributed by atoms with Crippen LogP contribution in [0.25, 0.3) is 0 Å². The first kappa shape index (κ1) is 18.1. The minimum Gasteiger partial charge on any atom is -0.497 e. The van der Waals surface area contributed by atoms with Crippen LogP contribution >= 0.6 is 0 Å². The number of nitrogens with zero attached hydrogens (tertiary/aromatic N) is 2. The molecule has 0 saturated heterocycles. The van der Waals surface area contributed by atoms with Gasteiger partial charge in [-0.15, -0.1) is 0 Å². The van der Waals surface area contributed by atoms with Crippen molar-refractivity contribution in [3.8, 4) is 11.5 Å². The average Bonchev–Trinajstić information content (AvgIpc) is 3.03. The molecule has 0 spiro atoms. The van der Waals surface area contributed by atoms with Crippen molar-refractivity contribution in [3.63, 3.8) is 0 Å². The number of carbonyl (C=O) groups excluding carboxylic acids is 1. The van der Waals surface area contributed by atoms with E-state index in [4.69, 9.17) is 9.47 Å². The summed E-state index contributed by atoms with van der Waals surface area (Å²) >= 11 is 0. The molecular weight excluding hydrogens is 332 g/mol. The summed E-state index contributed by atoms with van der Waals surface area (Å²) in [4.78, 5) is 12.5. The van der Waals surface area contributed by atoms with Crippen LogP contribution in [-0.2, 0) is 13.5 Å². The Hall–Kier alpha value is -2.70. The van der Waals surface area contributed by atoms with Crippen LogP contribution in [0.1, 0.15) is 48.7 Å². The fourth-order valence-corrected chi connectivity index (χ4v) is 3.51. The van der Waals surface area contributed by atoms with Crippen molar-refractivity contribution in [3.05, 3.63) is 41.2 Å². The van der Waals surface area contributed by atoms with Gasteiger partial charge in [0.1, 0.15) is 11.5 Å². The number of nitrogens with one attached hydrogen (secondary N) is 2. The summed E-state index contributed by atoms with van der Waals surface area (Å²) in [5.74, 6) is 1.44. The highest BCUT2D eigenvalue weighted by atomic mass is 16.5. The molecule has 2 aromatic rings. The standard InChI is InChI=1S/C19H26N4O3/c1-12(14-10-13(25-3)8-9-18(14)26-4)21-19(24)22-16-6-5-7-17-15(16)11-20-23(17)2/h8-12,16H,5-7H2,1-4H3,(H2,21,22,24). The SMILES string of the molecule is COc1ccc(OC)c(C(C)NC(=O)NC2CCCc3c2cnn3C)c1. The third-order valence-electron chi connectivity index (χ3n) is 4.93. The molecule has 3 rings (SSSR count). The molecule has 2 amide bonds. The zero-order valence-electron chi connectivity index (χ0n) is 15.7. The number of fused-ring (bicyclic) bond motifs is 1. The number of amides is 2. The molecule has 1 aliphatic carbocycles. The smallest absolute Gasteiger partial charge is 0.315 e. The number of methoxy groups -OCH3 is 2. The number of urea groups is 1. The Labute approximate surface area is 153 Å². The van der Waals surface area contributed by atoms with Crippen molar-refractivity contribution in [2.75, 3.05) is 14.2 Å². The monoisotopic (exact) mass is 358 g/mol. The molecule has 1 aliphatic rings. The van der Waals surface area contributed by atoms with E-state index in [1.165, 1.54) is 5.69 Å². The van der Waals surface area contributed by atoms with Gasteiger partial charge in [-0.25, -0.2) is 4.79 Å². The normalized spacial score (nSPS) is 17.2. The molecule has 1 heterocycles. The number of hydrogen-bond acceptors (Lipinski definition) is 4. The van der Waals surface area contributed by atoms with E-state index < -0.39 is 0 Å². The topological polar surface area (TPSA) is 77.4 Å². The van der Waals surface area contributed by atoms with Crippen molar-refractivity contribution in [2.24, 2.45) is 7.05 Å². The van der Waals surface area contributed by atoms with Crippen molar-refractivity contribution in [1.82, 2.24) is 20.4 Å². The lowest BCUT2D eigenvalue weighted by Crippen LogP contribution is -2.40. The van der Waals surface area contributed by atoms with Crippen molar-refractivity contribution >= 4 is 6.03 Å². The van der Waals surface area contributed by atoms with E-state index in [-0.39, 0.29) is 18.1 Å². The predicted molar refractivity (Wildman–Crippen MR) is 98.5 cm³/mol. The summed E-state index contributed by atoms with van der Waals surface area (Å²) in [6.45, 7) is 1.92. The second kappa shape index (κ2) is 7.68. The van der Waals surface area contributed by atoms with E-state index in [1.54, 1.807) is 14.2 Å². The van der Waals surface area contributed by atoms with Crippen molar-refractivity contribution in [1.29, 1.82) is 0 Å². The molecule has 1 aromatic heterocycles. The van der Waals surface area contributed by atoms with Crippen LogP contribution < -0.4 is 20.1 Å². The summed E-state index contributed by atoms with van der Waals surface area (Å²) in [5, 5.41) is 10.4. The van der Waals surface area contributed by atoms with Crippen molar-refractivity contribution < 1.29 is 14.3 Å². The highest BCUT2D eigenvalue weighted by molar-refractivity contribution is 5.75. The van der Waals surface area contributed by atoms with Gasteiger partial charge in [0.2, 0.25) is 0 Å². The lowest BCUT2D eigenvalue weighted by atomic mass is 9.93. The quantitative estimate of drug-likeness (QED) is 0.862. The molecule has 26 heavy (non-hydrogen) atoms. The first-order chi connectivity index (χ1) is 12.5. The zero-order chi connectivity index (χ0) is 18.7. The molecule has 0 aliphatic heterocycles. The maximum absolute atomic E-state index is 12.5. The predicted octanol–water partition coefficient (Wildman–Crippen LogP) is 2.88. The molecule has 7 heteroatoms. The molecule has 2 atom stereocenters. The number of rotatable bonds is 5. The highest BCUT2D eigenvalue weighted by Crippen LogP contribution is 2.31. The molecule has 1 aromatic carbocycles. The summed E-state index contributed by atoms with van der Waals surface area (Å²) in [6.07, 6.45) is 4.82. The lowest BCUT2D eigenvalue weighted by Gasteiger charge is -2.25. The van der Waals surface area contributed by atoms with E-state index in [0.29, 0.717) is 5.75 Å². The molecule has 2 unspecified atom stereocenters. The summed E-state index contributed by atoms with van der Waals surface area (Å²) in [7, 11) is 5.17. The Morgan fingerprint density at radius 1 is 1.35 bits per heavy atom. The van der Waals surface area contributed by atoms with Crippen LogP contribution in [0, 0.1) is 0 Å². The van der Waals surface area contributed by atoms with Gasteiger partial charge in [0.05, 0.1) is 32.5 Å². The molecule has 0 radical (unpaired) electrons. The maximum Gasteiger partial charge on any atom is 0.315 e. The molecule has 7 nitrogen and oxygen atoms in total. The van der Waals surface area contributed by atoms with Crippen LogP contribution in [0.4, 0.5) is 4.79 Å². The van der Waals surface area contributed by atoms with Gasteiger partial charge in [-0.05, 0) is 44.4 Å². The maximum atomic E-state index is 12.5. The van der Waals surface area contributed by atoms with E-state index in [9.17, 15) is 4.79 Å². The second-order valence-electron chi connectivity index (χ2n) is 6.56. The molecule has 0 bridgehead atoms. The Kier molecular flexibility index (Phi) is 5.35. The Morgan fingerprint density at radius 3 is 2.88 bits per heavy atom. The summed E-state index contributed by atoms with van der Waals surface area (Å²) < 4.78 is 12.6. The average molecular weight is 358 g/mol. The van der Waals surface area contributed by atoms with Crippen molar-refractivity contribution in [2.45, 2.75) is 38.3 Å². The third-order valence-corrected chi connectivity index (χ3v) is 4.93. The van der Waals surface area contributed by atoms with Gasteiger partial charge in [0, 0.05) is 23.9 Å². The van der Waals surface area contributed by atoms with Crippen LogP contribution in [0.3, 0.4) is 0 Å². The zero-order valence-corrected chi connectivity index (χ0v) is 15.7. The van der Waals surface area contributed by atoms with Crippen LogP contribution in [0.2, 0.25) is 0 Å². The molecule has 2 N–H and O–H groups in total. The van der Waals surface area contributed by atoms with Gasteiger partial charge in [0.15, 0.2) is 0 Å². The van der Waals surface area contributed by atoms with Crippen LogP contribution in [0.5, 0.6) is 11.5 Å². The van der Waals surface area contributed by atoms with Gasteiger partial charge in [-0.1, -0.05) is 0 Å². The van der Waals surface area contributed by atoms with Gasteiger partial charge >= 0.3 is 6.03 Å². The van der Waals surface area contributed by atoms with Crippen LogP contribution in [0.15, 0.2) is 24.4 Å². The van der Waals surface area contributed by atoms with Gasteiger partial charge < -0.3 is 20.1 Å². The van der Waals surface area contributed by atoms with Gasteiger partial charge in [-0.2, -0.15) is 5.10 Å². The van der Waals surface area contributed by atoms with Gasteiger partial charge in [0.25, 0.3) is 0 Å². The minimum atomic E-state index is -0.225. The Bertz CT molecular complexity index is 787. The minimum absolute atomic E-state index is 0.00754. The number of carbonyl (C=O) groups is 1. The van der Waals surface area contributed by atoms with Crippen LogP contribution in [-0.4, -0.2) is 30.0 Å². The third kappa shape index (κ3) is 3.61. The lowest BCUT2D eigenvalue weighted by molar-refractivity contribution is 0.232. The molecule has 0 fully saturated rings. The first-order valence-corrected chi connectivity index (χ1v) is 8.83. The number of hydrogen-bond donors (Lipinski definition) is 2. The molecular formula is C19H26N4O3. The fourth-order valence-electron chi connectivity index (χ4n) is 3.51. The van der Waals surface area contributed by atoms with E-state index in [0.717, 1.165) is 36.1 Å². The largest absolute Gasteiger partial charge is 0.497 e. The first-order valence-electron chi connectivity index (χ1n) is 8.83. The fraction of sp³-hybridized carbons (Fsp3) is 0.474. The van der Waals surface area contributed by atoms with Gasteiger partial charge in [-0.3, -0.25) is 4.68 Å². The Morgan fingerprint density at radius 2 is 2.15 bits per heavy atom. The number of aromatic nitrogens is 2. The number of ether oxygens (including phenoxy) is 2. The van der Waals surface area contributed by atoms with E-state index in [1.807, 2.05) is 43.0 Å².